The van der Waals surface area contributed by atoms with Crippen molar-refractivity contribution in [2.75, 3.05) is 20.2 Å². The van der Waals surface area contributed by atoms with Gasteiger partial charge in [0, 0.05) is 18.7 Å². The van der Waals surface area contributed by atoms with Gasteiger partial charge >= 0.3 is 0 Å². The number of aliphatic hydroxyl groups excluding tert-OH is 1. The van der Waals surface area contributed by atoms with Crippen LogP contribution in [0.2, 0.25) is 0 Å². The van der Waals surface area contributed by atoms with Crippen LogP contribution in [0.25, 0.3) is 0 Å². The molecule has 0 aliphatic rings. The number of rotatable bonds is 7. The number of aliphatic hydroxyl groups is 1. The predicted molar refractivity (Wildman–Crippen MR) is 85.4 cm³/mol. The van der Waals surface area contributed by atoms with E-state index in [-0.39, 0.29) is 12.4 Å². The number of hydrogen-bond acceptors (Lipinski definition) is 4. The molecule has 1 unspecified atom stereocenters. The summed E-state index contributed by atoms with van der Waals surface area (Å²) in [4.78, 5) is 1.84. The van der Waals surface area contributed by atoms with Crippen molar-refractivity contribution in [3.63, 3.8) is 0 Å². The van der Waals surface area contributed by atoms with E-state index in [1.807, 2.05) is 18.0 Å². The highest BCUT2D eigenvalue weighted by molar-refractivity contribution is 5.34. The van der Waals surface area contributed by atoms with E-state index < -0.39 is 6.10 Å². The zero-order valence-electron chi connectivity index (χ0n) is 12.9. The lowest BCUT2D eigenvalue weighted by atomic mass is 10.2. The van der Waals surface area contributed by atoms with Crippen LogP contribution >= 0.6 is 0 Å². The lowest BCUT2D eigenvalue weighted by Crippen LogP contribution is -2.33. The van der Waals surface area contributed by atoms with E-state index in [2.05, 4.69) is 0 Å². The maximum Gasteiger partial charge on any atom is 0.127 e. The number of nitrogens with zero attached hydrogens (tertiary/aromatic N) is 2. The predicted octanol–water partition coefficient (Wildman–Crippen LogP) is 2.57. The van der Waals surface area contributed by atoms with Gasteiger partial charge in [0.25, 0.3) is 0 Å². The maximum atomic E-state index is 13.6. The fourth-order valence-electron chi connectivity index (χ4n) is 2.21. The molecule has 2 rings (SSSR count). The molecule has 120 valence electrons. The molecule has 0 aliphatic heterocycles. The van der Waals surface area contributed by atoms with Gasteiger partial charge in [0.15, 0.2) is 0 Å². The summed E-state index contributed by atoms with van der Waals surface area (Å²) in [7, 11) is 1.82. The second kappa shape index (κ2) is 8.28. The van der Waals surface area contributed by atoms with E-state index in [0.717, 1.165) is 0 Å². The molecule has 5 heteroatoms. The molecule has 1 atom stereocenters. The number of nitriles is 1. The summed E-state index contributed by atoms with van der Waals surface area (Å²) < 4.78 is 19.1. The topological polar surface area (TPSA) is 56.5 Å². The lowest BCUT2D eigenvalue weighted by molar-refractivity contribution is 0.0741. The largest absolute Gasteiger partial charge is 0.491 e. The van der Waals surface area contributed by atoms with Crippen molar-refractivity contribution in [3.8, 4) is 11.8 Å². The molecule has 2 aromatic carbocycles. The van der Waals surface area contributed by atoms with Gasteiger partial charge in [-0.25, -0.2) is 4.39 Å². The van der Waals surface area contributed by atoms with Crippen LogP contribution in [0.15, 0.2) is 48.5 Å². The summed E-state index contributed by atoms with van der Waals surface area (Å²) in [6.07, 6.45) is -0.692. The van der Waals surface area contributed by atoms with Crippen molar-refractivity contribution in [3.05, 3.63) is 65.5 Å². The normalized spacial score (nSPS) is 12.0. The Morgan fingerprint density at radius 1 is 1.22 bits per heavy atom. The van der Waals surface area contributed by atoms with Gasteiger partial charge in [0.1, 0.15) is 24.3 Å². The van der Waals surface area contributed by atoms with Gasteiger partial charge in [0.05, 0.1) is 11.6 Å². The van der Waals surface area contributed by atoms with Gasteiger partial charge in [-0.15, -0.1) is 0 Å². The summed E-state index contributed by atoms with van der Waals surface area (Å²) in [6, 6.07) is 15.3. The molecule has 4 nitrogen and oxygen atoms in total. The number of ether oxygens (including phenoxy) is 1. The molecule has 0 saturated carbocycles. The molecule has 0 fully saturated rings. The Morgan fingerprint density at radius 3 is 2.57 bits per heavy atom. The first kappa shape index (κ1) is 16.9. The van der Waals surface area contributed by atoms with Crippen molar-refractivity contribution in [1.29, 1.82) is 5.26 Å². The number of benzene rings is 2. The monoisotopic (exact) mass is 314 g/mol. The Balaban J connectivity index is 1.78. The van der Waals surface area contributed by atoms with Crippen LogP contribution in [0.3, 0.4) is 0 Å². The zero-order valence-corrected chi connectivity index (χ0v) is 12.9. The van der Waals surface area contributed by atoms with Crippen LogP contribution in [0.4, 0.5) is 4.39 Å². The number of halogens is 1. The Kier molecular flexibility index (Phi) is 6.10. The molecule has 0 spiro atoms. The molecule has 0 aliphatic carbocycles. The summed E-state index contributed by atoms with van der Waals surface area (Å²) in [5, 5.41) is 18.7. The first-order valence-electron chi connectivity index (χ1n) is 7.31. The fraction of sp³-hybridized carbons (Fsp3) is 0.278. The summed E-state index contributed by atoms with van der Waals surface area (Å²) in [5.74, 6) is 0.350. The van der Waals surface area contributed by atoms with Crippen LogP contribution in [0.1, 0.15) is 11.1 Å². The second-order valence-electron chi connectivity index (χ2n) is 5.39. The van der Waals surface area contributed by atoms with E-state index >= 15 is 0 Å². The Hall–Kier alpha value is -2.42. The molecule has 23 heavy (non-hydrogen) atoms. The molecule has 0 aromatic heterocycles. The molecule has 0 bridgehead atoms. The third kappa shape index (κ3) is 5.37. The molecule has 0 heterocycles. The Bertz CT molecular complexity index is 667. The zero-order chi connectivity index (χ0) is 16.7. The van der Waals surface area contributed by atoms with Crippen LogP contribution in [0, 0.1) is 17.1 Å². The van der Waals surface area contributed by atoms with Crippen molar-refractivity contribution >= 4 is 0 Å². The molecule has 0 radical (unpaired) electrons. The molecular weight excluding hydrogens is 295 g/mol. The standard InChI is InChI=1S/C18H19FN2O2/c1-21(11-15-4-2-3-5-18(15)19)12-16(22)13-23-17-8-6-14(10-20)7-9-17/h2-9,16,22H,11-13H2,1H3. The second-order valence-corrected chi connectivity index (χ2v) is 5.39. The van der Waals surface area contributed by atoms with Crippen LogP contribution in [-0.2, 0) is 6.54 Å². The summed E-state index contributed by atoms with van der Waals surface area (Å²) in [5.41, 5.74) is 1.15. The maximum absolute atomic E-state index is 13.6. The summed E-state index contributed by atoms with van der Waals surface area (Å²) >= 11 is 0. The molecular formula is C18H19FN2O2. The van der Waals surface area contributed by atoms with E-state index in [1.54, 1.807) is 42.5 Å². The van der Waals surface area contributed by atoms with Crippen LogP contribution < -0.4 is 4.74 Å². The van der Waals surface area contributed by atoms with Crippen molar-refractivity contribution in [2.24, 2.45) is 0 Å². The van der Waals surface area contributed by atoms with Gasteiger partial charge in [-0.3, -0.25) is 4.90 Å². The van der Waals surface area contributed by atoms with Crippen molar-refractivity contribution in [1.82, 2.24) is 4.90 Å². The lowest BCUT2D eigenvalue weighted by Gasteiger charge is -2.21. The average molecular weight is 314 g/mol. The van der Waals surface area contributed by atoms with Crippen LogP contribution in [-0.4, -0.2) is 36.3 Å². The quantitative estimate of drug-likeness (QED) is 0.853. The molecule has 2 aromatic rings. The van der Waals surface area contributed by atoms with Gasteiger partial charge < -0.3 is 9.84 Å². The highest BCUT2D eigenvalue weighted by Crippen LogP contribution is 2.12. The van der Waals surface area contributed by atoms with E-state index in [0.29, 0.717) is 30.0 Å². The van der Waals surface area contributed by atoms with Crippen LogP contribution in [0.5, 0.6) is 5.75 Å². The molecule has 0 saturated heterocycles. The minimum Gasteiger partial charge on any atom is -0.491 e. The van der Waals surface area contributed by atoms with Crippen molar-refractivity contribution in [2.45, 2.75) is 12.6 Å². The van der Waals surface area contributed by atoms with E-state index in [1.165, 1.54) is 6.07 Å². The number of likely N-dealkylation sites (N-methyl/N-ethyl adjacent to an activating group) is 1. The minimum absolute atomic E-state index is 0.132. The van der Waals surface area contributed by atoms with Gasteiger partial charge in [-0.05, 0) is 37.4 Å². The third-order valence-corrected chi connectivity index (χ3v) is 3.35. The Morgan fingerprint density at radius 2 is 1.91 bits per heavy atom. The van der Waals surface area contributed by atoms with Crippen molar-refractivity contribution < 1.29 is 14.2 Å². The first-order valence-corrected chi connectivity index (χ1v) is 7.31. The minimum atomic E-state index is -0.692. The first-order chi connectivity index (χ1) is 11.1. The smallest absolute Gasteiger partial charge is 0.127 e. The molecule has 1 N–H and O–H groups in total. The average Bonchev–Trinajstić information content (AvgIpc) is 2.55. The van der Waals surface area contributed by atoms with E-state index in [9.17, 15) is 9.50 Å². The highest BCUT2D eigenvalue weighted by atomic mass is 19.1. The van der Waals surface area contributed by atoms with Gasteiger partial charge in [-0.1, -0.05) is 18.2 Å². The molecule has 0 amide bonds. The van der Waals surface area contributed by atoms with Gasteiger partial charge in [-0.2, -0.15) is 5.26 Å². The Labute approximate surface area is 135 Å². The highest BCUT2D eigenvalue weighted by Gasteiger charge is 2.11. The van der Waals surface area contributed by atoms with E-state index in [4.69, 9.17) is 10.00 Å². The summed E-state index contributed by atoms with van der Waals surface area (Å²) in [6.45, 7) is 0.915. The van der Waals surface area contributed by atoms with Gasteiger partial charge in [0.2, 0.25) is 0 Å². The fourth-order valence-corrected chi connectivity index (χ4v) is 2.21. The number of hydrogen-bond donors (Lipinski definition) is 1. The third-order valence-electron chi connectivity index (χ3n) is 3.35. The SMILES string of the molecule is CN(Cc1ccccc1F)CC(O)COc1ccc(C#N)cc1.